The number of hydrogen-bond donors (Lipinski definition) is 1. The molecule has 0 aliphatic heterocycles. The van der Waals surface area contributed by atoms with E-state index in [9.17, 15) is 10.0 Å². The maximum Gasteiger partial charge on any atom is 0.249 e. The average molecular weight is 243 g/mol. The molecular formula is C14H29NO2. The molecule has 0 bridgehead atoms. The van der Waals surface area contributed by atoms with Crippen LogP contribution in [0.25, 0.3) is 0 Å². The Bertz CT molecular complexity index is 214. The van der Waals surface area contributed by atoms with Crippen LogP contribution in [0.5, 0.6) is 0 Å². The number of nitrogens with zero attached hydrogens (tertiary/aromatic N) is 1. The first-order valence-electron chi connectivity index (χ1n) is 6.74. The molecule has 1 N–H and O–H groups in total. The summed E-state index contributed by atoms with van der Waals surface area (Å²) < 4.78 is 0. The Hall–Kier alpha value is -0.570. The number of hydroxylamine groups is 2. The number of carbonyl (C=O) groups excluding carboxylic acids is 1. The molecule has 3 heteroatoms. The van der Waals surface area contributed by atoms with Crippen molar-refractivity contribution in [1.29, 1.82) is 0 Å². The van der Waals surface area contributed by atoms with Gasteiger partial charge in [0.1, 0.15) is 0 Å². The lowest BCUT2D eigenvalue weighted by Gasteiger charge is -2.25. The van der Waals surface area contributed by atoms with Gasteiger partial charge in [-0.25, -0.2) is 5.06 Å². The Balaban J connectivity index is 4.50. The van der Waals surface area contributed by atoms with Gasteiger partial charge < -0.3 is 0 Å². The lowest BCUT2D eigenvalue weighted by molar-refractivity contribution is -0.173. The second-order valence-electron chi connectivity index (χ2n) is 6.27. The summed E-state index contributed by atoms with van der Waals surface area (Å²) >= 11 is 0. The maximum atomic E-state index is 12.1. The Morgan fingerprint density at radius 2 is 1.35 bits per heavy atom. The molecule has 0 rings (SSSR count). The number of carbonyl (C=O) groups is 1. The Kier molecular flexibility index (Phi) is 7.44. The highest BCUT2D eigenvalue weighted by Gasteiger charge is 2.25. The van der Waals surface area contributed by atoms with E-state index in [1.54, 1.807) is 0 Å². The van der Waals surface area contributed by atoms with Crippen LogP contribution < -0.4 is 0 Å². The van der Waals surface area contributed by atoms with Gasteiger partial charge in [0.25, 0.3) is 0 Å². The molecule has 0 spiro atoms. The molecule has 0 saturated carbocycles. The highest BCUT2D eigenvalue weighted by Crippen LogP contribution is 2.22. The van der Waals surface area contributed by atoms with Crippen LogP contribution in [0.15, 0.2) is 0 Å². The largest absolute Gasteiger partial charge is 0.286 e. The van der Waals surface area contributed by atoms with E-state index in [1.807, 2.05) is 13.8 Å². The summed E-state index contributed by atoms with van der Waals surface area (Å²) in [6.45, 7) is 12.9. The van der Waals surface area contributed by atoms with Crippen molar-refractivity contribution in [3.63, 3.8) is 0 Å². The predicted molar refractivity (Wildman–Crippen MR) is 70.7 cm³/mol. The number of amides is 1. The predicted octanol–water partition coefficient (Wildman–Crippen LogP) is 3.57. The van der Waals surface area contributed by atoms with Gasteiger partial charge in [-0.2, -0.15) is 0 Å². The second kappa shape index (κ2) is 7.70. The summed E-state index contributed by atoms with van der Waals surface area (Å²) in [6.07, 6.45) is 1.71. The minimum Gasteiger partial charge on any atom is -0.286 e. The van der Waals surface area contributed by atoms with E-state index in [2.05, 4.69) is 27.7 Å². The fraction of sp³-hybridized carbons (Fsp3) is 0.929. The molecule has 0 heterocycles. The van der Waals surface area contributed by atoms with Crippen molar-refractivity contribution in [2.45, 2.75) is 54.4 Å². The normalized spacial score (nSPS) is 11.9. The van der Waals surface area contributed by atoms with E-state index in [0.29, 0.717) is 24.3 Å². The highest BCUT2D eigenvalue weighted by atomic mass is 16.5. The molecule has 3 nitrogen and oxygen atoms in total. The van der Waals surface area contributed by atoms with Crippen molar-refractivity contribution in [1.82, 2.24) is 5.06 Å². The standard InChI is InChI=1S/C14H29NO2/c1-10(2)7-13(8-11(3)4)14(16)15(17)9-12(5)6/h10-13,17H,7-9H2,1-6H3. The van der Waals surface area contributed by atoms with E-state index in [0.717, 1.165) is 17.9 Å². The fourth-order valence-electron chi connectivity index (χ4n) is 2.08. The van der Waals surface area contributed by atoms with Gasteiger partial charge in [-0.1, -0.05) is 41.5 Å². The SMILES string of the molecule is CC(C)CC(CC(C)C)C(=O)N(O)CC(C)C. The first kappa shape index (κ1) is 16.4. The minimum absolute atomic E-state index is 0.0428. The summed E-state index contributed by atoms with van der Waals surface area (Å²) in [5, 5.41) is 10.7. The van der Waals surface area contributed by atoms with Gasteiger partial charge in [0.05, 0.1) is 6.54 Å². The number of rotatable bonds is 7. The van der Waals surface area contributed by atoms with Crippen LogP contribution in [-0.2, 0) is 4.79 Å². The van der Waals surface area contributed by atoms with Crippen LogP contribution in [0.1, 0.15) is 54.4 Å². The number of hydrogen-bond acceptors (Lipinski definition) is 2. The molecule has 0 aromatic heterocycles. The molecule has 0 aliphatic rings. The zero-order valence-corrected chi connectivity index (χ0v) is 12.2. The van der Waals surface area contributed by atoms with Crippen LogP contribution in [0.3, 0.4) is 0 Å². The van der Waals surface area contributed by atoms with E-state index >= 15 is 0 Å². The first-order chi connectivity index (χ1) is 7.73. The topological polar surface area (TPSA) is 40.5 Å². The van der Waals surface area contributed by atoms with E-state index in [-0.39, 0.29) is 11.8 Å². The van der Waals surface area contributed by atoms with Crippen molar-refractivity contribution in [2.75, 3.05) is 6.54 Å². The smallest absolute Gasteiger partial charge is 0.249 e. The van der Waals surface area contributed by atoms with Gasteiger partial charge >= 0.3 is 0 Å². The Morgan fingerprint density at radius 1 is 0.941 bits per heavy atom. The van der Waals surface area contributed by atoms with Crippen LogP contribution in [0.4, 0.5) is 0 Å². The lowest BCUT2D eigenvalue weighted by Crippen LogP contribution is -2.37. The third-order valence-corrected chi connectivity index (χ3v) is 2.65. The first-order valence-corrected chi connectivity index (χ1v) is 6.74. The van der Waals surface area contributed by atoms with Gasteiger partial charge in [0.15, 0.2) is 0 Å². The van der Waals surface area contributed by atoms with E-state index in [1.165, 1.54) is 0 Å². The van der Waals surface area contributed by atoms with E-state index in [4.69, 9.17) is 0 Å². The van der Waals surface area contributed by atoms with Crippen molar-refractivity contribution in [3.8, 4) is 0 Å². The molecule has 0 radical (unpaired) electrons. The molecule has 0 atom stereocenters. The summed E-state index contributed by atoms with van der Waals surface area (Å²) in [7, 11) is 0. The fourth-order valence-corrected chi connectivity index (χ4v) is 2.08. The molecule has 0 unspecified atom stereocenters. The van der Waals surface area contributed by atoms with Crippen LogP contribution >= 0.6 is 0 Å². The molecule has 0 saturated heterocycles. The molecule has 102 valence electrons. The molecule has 17 heavy (non-hydrogen) atoms. The summed E-state index contributed by atoms with van der Waals surface area (Å²) in [5.74, 6) is 1.10. The van der Waals surface area contributed by atoms with Gasteiger partial charge in [-0.15, -0.1) is 0 Å². The summed E-state index contributed by atoms with van der Waals surface area (Å²) in [5.41, 5.74) is 0. The minimum atomic E-state index is -0.110. The Labute approximate surface area is 106 Å². The van der Waals surface area contributed by atoms with Crippen LogP contribution in [-0.4, -0.2) is 22.7 Å². The zero-order chi connectivity index (χ0) is 13.6. The average Bonchev–Trinajstić information content (AvgIpc) is 2.12. The second-order valence-corrected chi connectivity index (χ2v) is 6.27. The molecule has 0 aromatic carbocycles. The van der Waals surface area contributed by atoms with Crippen molar-refractivity contribution >= 4 is 5.91 Å². The van der Waals surface area contributed by atoms with Crippen molar-refractivity contribution < 1.29 is 10.0 Å². The monoisotopic (exact) mass is 243 g/mol. The summed E-state index contributed by atoms with van der Waals surface area (Å²) in [4.78, 5) is 12.1. The summed E-state index contributed by atoms with van der Waals surface area (Å²) in [6, 6.07) is 0. The molecule has 0 aliphatic carbocycles. The zero-order valence-electron chi connectivity index (χ0n) is 12.2. The van der Waals surface area contributed by atoms with Gasteiger partial charge in [-0.3, -0.25) is 10.0 Å². The molecule has 0 fully saturated rings. The molecular weight excluding hydrogens is 214 g/mol. The van der Waals surface area contributed by atoms with Gasteiger partial charge in [-0.05, 0) is 30.6 Å². The third kappa shape index (κ3) is 7.37. The van der Waals surface area contributed by atoms with Crippen molar-refractivity contribution in [3.05, 3.63) is 0 Å². The highest BCUT2D eigenvalue weighted by molar-refractivity contribution is 5.77. The van der Waals surface area contributed by atoms with Crippen molar-refractivity contribution in [2.24, 2.45) is 23.7 Å². The third-order valence-electron chi connectivity index (χ3n) is 2.65. The van der Waals surface area contributed by atoms with Gasteiger partial charge in [0.2, 0.25) is 5.91 Å². The van der Waals surface area contributed by atoms with E-state index < -0.39 is 0 Å². The Morgan fingerprint density at radius 3 is 1.65 bits per heavy atom. The van der Waals surface area contributed by atoms with Crippen LogP contribution in [0, 0.1) is 23.7 Å². The lowest BCUT2D eigenvalue weighted by atomic mass is 9.88. The maximum absolute atomic E-state index is 12.1. The van der Waals surface area contributed by atoms with Crippen LogP contribution in [0.2, 0.25) is 0 Å². The van der Waals surface area contributed by atoms with Gasteiger partial charge in [0, 0.05) is 5.92 Å². The molecule has 1 amide bonds. The quantitative estimate of drug-likeness (QED) is 0.548. The molecule has 0 aromatic rings.